The highest BCUT2D eigenvalue weighted by atomic mass is 16.3. The number of furan rings is 1. The van der Waals surface area contributed by atoms with Crippen LogP contribution < -0.4 is 5.32 Å². The molecular weight excluding hydrogens is 186 g/mol. The molecule has 0 amide bonds. The van der Waals surface area contributed by atoms with Crippen LogP contribution in [0.25, 0.3) is 0 Å². The van der Waals surface area contributed by atoms with E-state index in [1.54, 1.807) is 6.26 Å². The molecule has 0 aliphatic heterocycles. The van der Waals surface area contributed by atoms with Crippen molar-refractivity contribution in [2.45, 2.75) is 38.6 Å². The van der Waals surface area contributed by atoms with E-state index in [0.29, 0.717) is 6.04 Å². The Kier molecular flexibility index (Phi) is 3.62. The third-order valence-electron chi connectivity index (χ3n) is 2.87. The third-order valence-corrected chi connectivity index (χ3v) is 2.87. The number of nitrogens with one attached hydrogen (secondary N) is 1. The fourth-order valence-electron chi connectivity index (χ4n) is 2.12. The quantitative estimate of drug-likeness (QED) is 0.745. The van der Waals surface area contributed by atoms with Gasteiger partial charge in [0.2, 0.25) is 0 Å². The van der Waals surface area contributed by atoms with Crippen molar-refractivity contribution < 1.29 is 4.42 Å². The molecule has 2 rings (SSSR count). The van der Waals surface area contributed by atoms with Crippen LogP contribution in [-0.4, -0.2) is 6.54 Å². The summed E-state index contributed by atoms with van der Waals surface area (Å²) in [7, 11) is 0. The standard InChI is InChI=1S/C13H19NO/c1-2-9-14-13(11-6-3-4-7-11)12-8-5-10-15-12/h5-6,8,10,13-14H,2-4,7,9H2,1H3. The lowest BCUT2D eigenvalue weighted by molar-refractivity contribution is 0.439. The van der Waals surface area contributed by atoms with Crippen LogP contribution in [0.5, 0.6) is 0 Å². The second-order valence-electron chi connectivity index (χ2n) is 4.07. The average Bonchev–Trinajstić information content (AvgIpc) is 2.90. The van der Waals surface area contributed by atoms with Gasteiger partial charge in [-0.25, -0.2) is 0 Å². The van der Waals surface area contributed by atoms with Gasteiger partial charge in [-0.05, 0) is 49.9 Å². The summed E-state index contributed by atoms with van der Waals surface area (Å²) >= 11 is 0. The van der Waals surface area contributed by atoms with E-state index in [2.05, 4.69) is 24.4 Å². The molecule has 82 valence electrons. The zero-order valence-electron chi connectivity index (χ0n) is 9.33. The Labute approximate surface area is 91.4 Å². The molecule has 0 aromatic carbocycles. The zero-order valence-corrected chi connectivity index (χ0v) is 9.33. The third kappa shape index (κ3) is 2.51. The molecule has 0 fully saturated rings. The molecule has 2 nitrogen and oxygen atoms in total. The van der Waals surface area contributed by atoms with E-state index in [0.717, 1.165) is 18.7 Å². The second kappa shape index (κ2) is 5.17. The summed E-state index contributed by atoms with van der Waals surface area (Å²) in [5.74, 6) is 1.05. The van der Waals surface area contributed by atoms with Gasteiger partial charge in [0.15, 0.2) is 0 Å². The lowest BCUT2D eigenvalue weighted by Crippen LogP contribution is -2.23. The van der Waals surface area contributed by atoms with Crippen LogP contribution in [0.15, 0.2) is 34.5 Å². The van der Waals surface area contributed by atoms with Gasteiger partial charge in [0.1, 0.15) is 5.76 Å². The minimum absolute atomic E-state index is 0.308. The van der Waals surface area contributed by atoms with Crippen LogP contribution in [0.1, 0.15) is 44.4 Å². The minimum Gasteiger partial charge on any atom is -0.467 e. The second-order valence-corrected chi connectivity index (χ2v) is 4.07. The van der Waals surface area contributed by atoms with E-state index >= 15 is 0 Å². The average molecular weight is 205 g/mol. The van der Waals surface area contributed by atoms with Crippen LogP contribution in [0, 0.1) is 0 Å². The molecule has 1 heterocycles. The molecule has 1 unspecified atom stereocenters. The van der Waals surface area contributed by atoms with Gasteiger partial charge in [-0.2, -0.15) is 0 Å². The first-order chi connectivity index (χ1) is 7.42. The monoisotopic (exact) mass is 205 g/mol. The Morgan fingerprint density at radius 1 is 1.53 bits per heavy atom. The lowest BCUT2D eigenvalue weighted by atomic mass is 10.0. The molecule has 0 bridgehead atoms. The predicted octanol–water partition coefficient (Wildman–Crippen LogP) is 3.43. The Bertz CT molecular complexity index is 313. The highest BCUT2D eigenvalue weighted by molar-refractivity contribution is 5.23. The molecule has 1 atom stereocenters. The summed E-state index contributed by atoms with van der Waals surface area (Å²) in [6.07, 6.45) is 8.99. The number of hydrogen-bond donors (Lipinski definition) is 1. The van der Waals surface area contributed by atoms with E-state index in [4.69, 9.17) is 4.42 Å². The Morgan fingerprint density at radius 3 is 3.07 bits per heavy atom. The van der Waals surface area contributed by atoms with Gasteiger partial charge in [-0.15, -0.1) is 0 Å². The van der Waals surface area contributed by atoms with E-state index in [-0.39, 0.29) is 0 Å². The molecule has 0 spiro atoms. The van der Waals surface area contributed by atoms with Gasteiger partial charge in [0, 0.05) is 0 Å². The highest BCUT2D eigenvalue weighted by Crippen LogP contribution is 2.30. The van der Waals surface area contributed by atoms with E-state index in [1.165, 1.54) is 24.8 Å². The van der Waals surface area contributed by atoms with Crippen molar-refractivity contribution in [1.29, 1.82) is 0 Å². The molecule has 0 saturated heterocycles. The molecule has 1 aromatic rings. The van der Waals surface area contributed by atoms with Crippen molar-refractivity contribution >= 4 is 0 Å². The summed E-state index contributed by atoms with van der Waals surface area (Å²) < 4.78 is 5.50. The van der Waals surface area contributed by atoms with Crippen molar-refractivity contribution in [2.24, 2.45) is 0 Å². The topological polar surface area (TPSA) is 25.2 Å². The molecule has 1 aliphatic carbocycles. The SMILES string of the molecule is CCCNC(C1=CCCC1)c1ccco1. The van der Waals surface area contributed by atoms with Gasteiger partial charge in [-0.3, -0.25) is 0 Å². The molecule has 1 aromatic heterocycles. The van der Waals surface area contributed by atoms with Gasteiger partial charge < -0.3 is 9.73 Å². The van der Waals surface area contributed by atoms with Crippen LogP contribution >= 0.6 is 0 Å². The maximum Gasteiger partial charge on any atom is 0.124 e. The zero-order chi connectivity index (χ0) is 10.5. The first-order valence-corrected chi connectivity index (χ1v) is 5.87. The number of hydrogen-bond acceptors (Lipinski definition) is 2. The molecule has 1 N–H and O–H groups in total. The van der Waals surface area contributed by atoms with Gasteiger partial charge in [0.25, 0.3) is 0 Å². The number of allylic oxidation sites excluding steroid dienone is 1. The molecule has 15 heavy (non-hydrogen) atoms. The first kappa shape index (κ1) is 10.5. The summed E-state index contributed by atoms with van der Waals surface area (Å²) in [6.45, 7) is 3.23. The van der Waals surface area contributed by atoms with E-state index in [1.807, 2.05) is 6.07 Å². The van der Waals surface area contributed by atoms with Crippen LogP contribution in [0.3, 0.4) is 0 Å². The van der Waals surface area contributed by atoms with E-state index in [9.17, 15) is 0 Å². The highest BCUT2D eigenvalue weighted by Gasteiger charge is 2.20. The lowest BCUT2D eigenvalue weighted by Gasteiger charge is -2.17. The fourth-order valence-corrected chi connectivity index (χ4v) is 2.12. The maximum atomic E-state index is 5.50. The summed E-state index contributed by atoms with van der Waals surface area (Å²) in [5.41, 5.74) is 1.50. The van der Waals surface area contributed by atoms with Crippen LogP contribution in [-0.2, 0) is 0 Å². The van der Waals surface area contributed by atoms with E-state index < -0.39 is 0 Å². The first-order valence-electron chi connectivity index (χ1n) is 5.87. The minimum atomic E-state index is 0.308. The number of rotatable bonds is 5. The molecule has 0 saturated carbocycles. The summed E-state index contributed by atoms with van der Waals surface area (Å²) in [6, 6.07) is 4.33. The Morgan fingerprint density at radius 2 is 2.47 bits per heavy atom. The Balaban J connectivity index is 2.09. The van der Waals surface area contributed by atoms with Crippen molar-refractivity contribution in [3.05, 3.63) is 35.8 Å². The molecule has 0 radical (unpaired) electrons. The van der Waals surface area contributed by atoms with Crippen LogP contribution in [0.4, 0.5) is 0 Å². The molecule has 1 aliphatic rings. The fraction of sp³-hybridized carbons (Fsp3) is 0.538. The van der Waals surface area contributed by atoms with Gasteiger partial charge >= 0.3 is 0 Å². The predicted molar refractivity (Wildman–Crippen MR) is 61.7 cm³/mol. The normalized spacial score (nSPS) is 17.8. The van der Waals surface area contributed by atoms with Crippen LogP contribution in [0.2, 0.25) is 0 Å². The van der Waals surface area contributed by atoms with Crippen molar-refractivity contribution in [1.82, 2.24) is 5.32 Å². The molecular formula is C13H19NO. The largest absolute Gasteiger partial charge is 0.467 e. The van der Waals surface area contributed by atoms with Crippen molar-refractivity contribution in [3.63, 3.8) is 0 Å². The van der Waals surface area contributed by atoms with Gasteiger partial charge in [-0.1, -0.05) is 13.0 Å². The van der Waals surface area contributed by atoms with Crippen molar-refractivity contribution in [3.8, 4) is 0 Å². The van der Waals surface area contributed by atoms with Crippen molar-refractivity contribution in [2.75, 3.05) is 6.54 Å². The smallest absolute Gasteiger partial charge is 0.124 e. The Hall–Kier alpha value is -1.02. The molecule has 2 heteroatoms. The summed E-state index contributed by atoms with van der Waals surface area (Å²) in [5, 5.41) is 3.55. The van der Waals surface area contributed by atoms with Gasteiger partial charge in [0.05, 0.1) is 12.3 Å². The maximum absolute atomic E-state index is 5.50. The summed E-state index contributed by atoms with van der Waals surface area (Å²) in [4.78, 5) is 0.